The molecule has 0 aliphatic heterocycles. The maximum absolute atomic E-state index is 12.6. The van der Waals surface area contributed by atoms with Crippen LogP contribution in [-0.4, -0.2) is 48.7 Å². The molecule has 2 aromatic heterocycles. The number of hydrogen-bond acceptors (Lipinski definition) is 9. The molecule has 0 aliphatic carbocycles. The summed E-state index contributed by atoms with van der Waals surface area (Å²) in [6.07, 6.45) is 0.599. The molecule has 0 unspecified atom stereocenters. The van der Waals surface area contributed by atoms with Crippen LogP contribution in [0.4, 0.5) is 0 Å². The minimum atomic E-state index is -0.988. The number of carboxylic acids is 1. The van der Waals surface area contributed by atoms with Gasteiger partial charge in [0.2, 0.25) is 0 Å². The van der Waals surface area contributed by atoms with Crippen molar-refractivity contribution in [2.75, 3.05) is 20.3 Å². The highest BCUT2D eigenvalue weighted by atomic mass is 32.1. The van der Waals surface area contributed by atoms with Gasteiger partial charge in [-0.3, -0.25) is 19.2 Å². The Kier molecular flexibility index (Phi) is 9.54. The summed E-state index contributed by atoms with van der Waals surface area (Å²) in [5, 5.41) is 10.6. The molecule has 0 spiro atoms. The number of ether oxygens (including phenoxy) is 3. The quantitative estimate of drug-likeness (QED) is 0.120. The van der Waals surface area contributed by atoms with Crippen LogP contribution < -0.4 is 14.2 Å². The highest BCUT2D eigenvalue weighted by Crippen LogP contribution is 2.37. The van der Waals surface area contributed by atoms with E-state index in [0.717, 1.165) is 20.2 Å². The van der Waals surface area contributed by atoms with Gasteiger partial charge < -0.3 is 19.3 Å². The number of aliphatic carboxylic acids is 1. The first kappa shape index (κ1) is 29.2. The Balaban J connectivity index is 1.32. The number of Topliss-reactive ketones (excluding diaryl/α,β-unsaturated/α-hetero) is 3. The molecule has 1 atom stereocenters. The van der Waals surface area contributed by atoms with Crippen LogP contribution in [0.2, 0.25) is 0 Å². The van der Waals surface area contributed by atoms with Crippen LogP contribution in [0.5, 0.6) is 17.2 Å². The summed E-state index contributed by atoms with van der Waals surface area (Å²) in [6, 6.07) is 12.9. The van der Waals surface area contributed by atoms with Crippen molar-refractivity contribution in [3.63, 3.8) is 0 Å². The molecule has 210 valence electrons. The third kappa shape index (κ3) is 7.25. The van der Waals surface area contributed by atoms with E-state index >= 15 is 0 Å². The number of thiophene rings is 2. The van der Waals surface area contributed by atoms with Crippen molar-refractivity contribution in [2.45, 2.75) is 39.5 Å². The maximum Gasteiger partial charge on any atom is 0.303 e. The molecule has 10 heteroatoms. The number of ketones is 3. The lowest BCUT2D eigenvalue weighted by Gasteiger charge is -2.11. The maximum atomic E-state index is 12.6. The summed E-state index contributed by atoms with van der Waals surface area (Å²) in [6.45, 7) is 4.06. The van der Waals surface area contributed by atoms with E-state index in [0.29, 0.717) is 46.6 Å². The molecule has 0 fully saturated rings. The van der Waals surface area contributed by atoms with Crippen molar-refractivity contribution < 1.29 is 38.5 Å². The average molecular weight is 583 g/mol. The van der Waals surface area contributed by atoms with Gasteiger partial charge in [0.1, 0.15) is 11.5 Å². The number of carboxylic acid groups (broad SMARTS) is 1. The number of rotatable bonds is 15. The van der Waals surface area contributed by atoms with Crippen LogP contribution in [0.25, 0.3) is 20.2 Å². The van der Waals surface area contributed by atoms with Gasteiger partial charge in [0, 0.05) is 40.6 Å². The molecule has 4 aromatic rings. The second kappa shape index (κ2) is 13.1. The standard InChI is InChI=1S/C30H30O8S2/c1-17(18(2)31)11-23(33)29-14-20-12-24(36-3)25(16-27(20)40-29)38-10-4-9-37-21-6-5-19-13-28(39-26(19)15-21)22(32)7-8-30(34)35/h5-6,12-17H,4,7-11H2,1-3H3,(H,34,35)/t17-/m0/s1. The Hall–Kier alpha value is -3.76. The number of methoxy groups -OCH3 is 1. The zero-order chi connectivity index (χ0) is 28.8. The Bertz CT molecular complexity index is 1560. The minimum Gasteiger partial charge on any atom is -0.493 e. The number of fused-ring (bicyclic) bond motifs is 2. The molecule has 0 bridgehead atoms. The van der Waals surface area contributed by atoms with Gasteiger partial charge in [-0.15, -0.1) is 22.7 Å². The van der Waals surface area contributed by atoms with Crippen LogP contribution in [0.1, 0.15) is 58.9 Å². The molecular weight excluding hydrogens is 552 g/mol. The summed E-state index contributed by atoms with van der Waals surface area (Å²) in [7, 11) is 1.57. The van der Waals surface area contributed by atoms with Gasteiger partial charge in [0.15, 0.2) is 23.1 Å². The van der Waals surface area contributed by atoms with E-state index in [1.807, 2.05) is 36.4 Å². The monoisotopic (exact) mass is 582 g/mol. The summed E-state index contributed by atoms with van der Waals surface area (Å²) in [4.78, 5) is 48.3. The third-order valence-electron chi connectivity index (χ3n) is 6.41. The number of carbonyl (C=O) groups excluding carboxylic acids is 3. The zero-order valence-electron chi connectivity index (χ0n) is 22.5. The Labute approximate surface area is 239 Å². The van der Waals surface area contributed by atoms with E-state index in [1.165, 1.54) is 29.6 Å². The summed E-state index contributed by atoms with van der Waals surface area (Å²) in [5.74, 6) is 0.294. The van der Waals surface area contributed by atoms with E-state index in [2.05, 4.69) is 0 Å². The second-order valence-electron chi connectivity index (χ2n) is 9.47. The predicted octanol–water partition coefficient (Wildman–Crippen LogP) is 6.82. The molecule has 8 nitrogen and oxygen atoms in total. The molecule has 0 amide bonds. The van der Waals surface area contributed by atoms with Crippen molar-refractivity contribution in [1.82, 2.24) is 0 Å². The van der Waals surface area contributed by atoms with Gasteiger partial charge in [-0.2, -0.15) is 0 Å². The van der Waals surface area contributed by atoms with Crippen molar-refractivity contribution in [2.24, 2.45) is 5.92 Å². The third-order valence-corrected chi connectivity index (χ3v) is 8.69. The Morgan fingerprint density at radius 1 is 0.825 bits per heavy atom. The summed E-state index contributed by atoms with van der Waals surface area (Å²) in [5.41, 5.74) is 0. The fraction of sp³-hybridized carbons (Fsp3) is 0.333. The largest absolute Gasteiger partial charge is 0.493 e. The van der Waals surface area contributed by atoms with Gasteiger partial charge in [0.05, 0.1) is 36.5 Å². The first-order valence-corrected chi connectivity index (χ1v) is 14.5. The highest BCUT2D eigenvalue weighted by molar-refractivity contribution is 7.21. The number of hydrogen-bond donors (Lipinski definition) is 1. The van der Waals surface area contributed by atoms with Crippen molar-refractivity contribution >= 4 is 66.2 Å². The molecule has 0 aliphatic rings. The van der Waals surface area contributed by atoms with Crippen molar-refractivity contribution in [3.8, 4) is 17.2 Å². The van der Waals surface area contributed by atoms with Crippen LogP contribution in [0.3, 0.4) is 0 Å². The van der Waals surface area contributed by atoms with Crippen molar-refractivity contribution in [1.29, 1.82) is 0 Å². The van der Waals surface area contributed by atoms with E-state index in [4.69, 9.17) is 19.3 Å². The zero-order valence-corrected chi connectivity index (χ0v) is 24.1. The van der Waals surface area contributed by atoms with E-state index in [-0.39, 0.29) is 42.5 Å². The van der Waals surface area contributed by atoms with Gasteiger partial charge in [-0.1, -0.05) is 6.92 Å². The summed E-state index contributed by atoms with van der Waals surface area (Å²) >= 11 is 2.70. The SMILES string of the molecule is COc1cc2cc(C(=O)C[C@H](C)C(C)=O)sc2cc1OCCCOc1ccc2cc(C(=O)CCC(=O)O)sc2c1. The Morgan fingerprint density at radius 3 is 2.20 bits per heavy atom. The average Bonchev–Trinajstić information content (AvgIpc) is 3.54. The molecule has 2 aromatic carbocycles. The topological polar surface area (TPSA) is 116 Å². The van der Waals surface area contributed by atoms with Gasteiger partial charge >= 0.3 is 5.97 Å². The van der Waals surface area contributed by atoms with Crippen LogP contribution in [-0.2, 0) is 9.59 Å². The molecule has 40 heavy (non-hydrogen) atoms. The lowest BCUT2D eigenvalue weighted by molar-refractivity contribution is -0.137. The Morgan fingerprint density at radius 2 is 1.50 bits per heavy atom. The lowest BCUT2D eigenvalue weighted by atomic mass is 10.0. The van der Waals surface area contributed by atoms with Crippen molar-refractivity contribution in [3.05, 3.63) is 52.2 Å². The normalized spacial score (nSPS) is 11.9. The van der Waals surface area contributed by atoms with Gasteiger partial charge in [0.25, 0.3) is 0 Å². The van der Waals surface area contributed by atoms with Crippen LogP contribution >= 0.6 is 22.7 Å². The minimum absolute atomic E-state index is 0.00143. The molecule has 1 N–H and O–H groups in total. The number of benzene rings is 2. The molecule has 4 rings (SSSR count). The van der Waals surface area contributed by atoms with Crippen LogP contribution in [0, 0.1) is 5.92 Å². The molecule has 0 radical (unpaired) electrons. The van der Waals surface area contributed by atoms with E-state index in [9.17, 15) is 19.2 Å². The molecule has 0 saturated carbocycles. The number of carbonyl (C=O) groups is 4. The second-order valence-corrected chi connectivity index (χ2v) is 11.6. The first-order chi connectivity index (χ1) is 19.1. The first-order valence-electron chi connectivity index (χ1n) is 12.8. The molecule has 0 saturated heterocycles. The van der Waals surface area contributed by atoms with Crippen LogP contribution in [0.15, 0.2) is 42.5 Å². The fourth-order valence-electron chi connectivity index (χ4n) is 3.99. The smallest absolute Gasteiger partial charge is 0.303 e. The lowest BCUT2D eigenvalue weighted by Crippen LogP contribution is -2.11. The fourth-order valence-corrected chi connectivity index (χ4v) is 6.07. The van der Waals surface area contributed by atoms with E-state index < -0.39 is 5.97 Å². The highest BCUT2D eigenvalue weighted by Gasteiger charge is 2.18. The summed E-state index contributed by atoms with van der Waals surface area (Å²) < 4.78 is 19.1. The molecule has 2 heterocycles. The predicted molar refractivity (Wildman–Crippen MR) is 156 cm³/mol. The van der Waals surface area contributed by atoms with Gasteiger partial charge in [-0.25, -0.2) is 0 Å². The van der Waals surface area contributed by atoms with Gasteiger partial charge in [-0.05, 0) is 54.1 Å². The molecular formula is C30H30O8S2. The van der Waals surface area contributed by atoms with E-state index in [1.54, 1.807) is 20.1 Å².